The van der Waals surface area contributed by atoms with E-state index in [0.29, 0.717) is 0 Å². The second kappa shape index (κ2) is 14.1. The maximum atomic E-state index is 2.46. The highest BCUT2D eigenvalue weighted by molar-refractivity contribution is 7.26. The first kappa shape index (κ1) is 34.1. The van der Waals surface area contributed by atoms with E-state index in [1.807, 2.05) is 11.3 Å². The van der Waals surface area contributed by atoms with E-state index >= 15 is 0 Å². The zero-order valence-corrected chi connectivity index (χ0v) is 32.8. The number of benzene rings is 9. The van der Waals surface area contributed by atoms with E-state index in [2.05, 4.69) is 229 Å². The van der Waals surface area contributed by atoms with Crippen molar-refractivity contribution < 1.29 is 0 Å². The molecular formula is C55H38N2S. The van der Waals surface area contributed by atoms with Gasteiger partial charge in [0.1, 0.15) is 0 Å². The average Bonchev–Trinajstić information content (AvgIpc) is 3.85. The van der Waals surface area contributed by atoms with Crippen LogP contribution in [-0.2, 0) is 0 Å². The number of nitrogens with zero attached hydrogens (tertiary/aromatic N) is 2. The lowest BCUT2D eigenvalue weighted by Gasteiger charge is -2.28. The summed E-state index contributed by atoms with van der Waals surface area (Å²) in [6.45, 7) is 2.16. The summed E-state index contributed by atoms with van der Waals surface area (Å²) in [5.41, 5.74) is 15.4. The van der Waals surface area contributed by atoms with Gasteiger partial charge in [0.15, 0.2) is 0 Å². The van der Waals surface area contributed by atoms with Crippen LogP contribution in [0, 0.1) is 6.92 Å². The third-order valence-corrected chi connectivity index (χ3v) is 12.7. The molecule has 11 aromatic rings. The molecule has 0 bridgehead atoms. The Morgan fingerprint density at radius 3 is 1.69 bits per heavy atom. The third-order valence-electron chi connectivity index (χ3n) is 11.5. The van der Waals surface area contributed by atoms with Crippen molar-refractivity contribution in [1.82, 2.24) is 4.57 Å². The van der Waals surface area contributed by atoms with Gasteiger partial charge in [-0.25, -0.2) is 0 Å². The average molecular weight is 759 g/mol. The monoisotopic (exact) mass is 758 g/mol. The first-order chi connectivity index (χ1) is 28.7. The fraction of sp³-hybridized carbons (Fsp3) is 0.0182. The summed E-state index contributed by atoms with van der Waals surface area (Å²) in [6.07, 6.45) is 0. The van der Waals surface area contributed by atoms with E-state index < -0.39 is 0 Å². The molecular weight excluding hydrogens is 721 g/mol. The summed E-state index contributed by atoms with van der Waals surface area (Å²) in [7, 11) is 0. The van der Waals surface area contributed by atoms with Gasteiger partial charge in [-0.15, -0.1) is 11.3 Å². The lowest BCUT2D eigenvalue weighted by Crippen LogP contribution is -2.11. The van der Waals surface area contributed by atoms with Gasteiger partial charge in [-0.3, -0.25) is 0 Å². The molecule has 0 fully saturated rings. The van der Waals surface area contributed by atoms with Crippen molar-refractivity contribution in [2.45, 2.75) is 6.92 Å². The fourth-order valence-electron chi connectivity index (χ4n) is 8.76. The molecule has 58 heavy (non-hydrogen) atoms. The number of para-hydroxylation sites is 2. The number of thiophene rings is 1. The smallest absolute Gasteiger partial charge is 0.0555 e. The highest BCUT2D eigenvalue weighted by Gasteiger charge is 2.23. The zero-order chi connectivity index (χ0) is 38.6. The molecule has 0 radical (unpaired) electrons. The fourth-order valence-corrected chi connectivity index (χ4v) is 10.0. The molecule has 2 aromatic heterocycles. The van der Waals surface area contributed by atoms with Gasteiger partial charge in [0.2, 0.25) is 0 Å². The molecule has 11 rings (SSSR count). The minimum Gasteiger partial charge on any atom is -0.310 e. The van der Waals surface area contributed by atoms with E-state index in [9.17, 15) is 0 Å². The van der Waals surface area contributed by atoms with Crippen molar-refractivity contribution in [2.24, 2.45) is 0 Å². The molecule has 0 unspecified atom stereocenters. The van der Waals surface area contributed by atoms with Crippen molar-refractivity contribution in [1.29, 1.82) is 0 Å². The predicted molar refractivity (Wildman–Crippen MR) is 249 cm³/mol. The molecule has 0 aliphatic carbocycles. The first-order valence-corrected chi connectivity index (χ1v) is 20.7. The van der Waals surface area contributed by atoms with Crippen molar-refractivity contribution in [3.8, 4) is 39.1 Å². The second-order valence-electron chi connectivity index (χ2n) is 15.0. The van der Waals surface area contributed by atoms with Crippen molar-refractivity contribution >= 4 is 70.4 Å². The van der Waals surface area contributed by atoms with Crippen LogP contribution in [0.4, 0.5) is 17.1 Å². The van der Waals surface area contributed by atoms with Gasteiger partial charge >= 0.3 is 0 Å². The van der Waals surface area contributed by atoms with Gasteiger partial charge in [-0.2, -0.15) is 0 Å². The minimum atomic E-state index is 1.11. The van der Waals surface area contributed by atoms with Gasteiger partial charge in [0, 0.05) is 48.0 Å². The van der Waals surface area contributed by atoms with Crippen LogP contribution in [-0.4, -0.2) is 4.57 Å². The SMILES string of the molecule is Cc1ccc(N(c2ccc(-c3ccccc3)c(-c3ccccc3)c2)c2ccc(-c3cccc(-n4c5ccccc5c5ccccc54)c3)c3sc4ccccc4c23)cc1. The van der Waals surface area contributed by atoms with E-state index in [4.69, 9.17) is 0 Å². The Kier molecular flexibility index (Phi) is 8.27. The zero-order valence-electron chi connectivity index (χ0n) is 32.0. The van der Waals surface area contributed by atoms with Crippen LogP contribution >= 0.6 is 11.3 Å². The van der Waals surface area contributed by atoms with Crippen molar-refractivity contribution in [3.05, 3.63) is 218 Å². The van der Waals surface area contributed by atoms with Crippen LogP contribution in [0.1, 0.15) is 5.56 Å². The van der Waals surface area contributed by atoms with Gasteiger partial charge in [-0.05, 0) is 101 Å². The number of hydrogen-bond donors (Lipinski definition) is 0. The third kappa shape index (κ3) is 5.71. The highest BCUT2D eigenvalue weighted by atomic mass is 32.1. The van der Waals surface area contributed by atoms with Gasteiger partial charge in [0.05, 0.1) is 16.7 Å². The number of fused-ring (bicyclic) bond motifs is 6. The molecule has 9 aromatic carbocycles. The number of hydrogen-bond acceptors (Lipinski definition) is 2. The number of anilines is 3. The Labute approximate surface area is 342 Å². The quantitative estimate of drug-likeness (QED) is 0.157. The standard InChI is InChI=1S/C55H38N2S/c1-37-27-29-41(30-28-37)56(43-31-32-44(38-15-4-2-5-16-38)49(36-43)39-17-6-3-7-18-39)52-34-33-45(55-54(52)48-23-10-13-26-53(48)58-55)40-19-14-20-42(35-40)57-50-24-11-8-21-46(50)47-22-9-12-25-51(47)57/h2-36H,1H3. The Balaban J connectivity index is 1.14. The van der Waals surface area contributed by atoms with Crippen LogP contribution in [0.2, 0.25) is 0 Å². The minimum absolute atomic E-state index is 1.11. The Bertz CT molecular complexity index is 3230. The van der Waals surface area contributed by atoms with E-state index in [-0.39, 0.29) is 0 Å². The van der Waals surface area contributed by atoms with Gasteiger partial charge < -0.3 is 9.47 Å². The predicted octanol–water partition coefficient (Wildman–Crippen LogP) is 15.9. The van der Waals surface area contributed by atoms with E-state index in [1.54, 1.807) is 0 Å². The second-order valence-corrected chi connectivity index (χ2v) is 16.0. The van der Waals surface area contributed by atoms with Crippen LogP contribution in [0.15, 0.2) is 212 Å². The summed E-state index contributed by atoms with van der Waals surface area (Å²) in [5.74, 6) is 0. The number of rotatable bonds is 7. The van der Waals surface area contributed by atoms with Crippen LogP contribution in [0.25, 0.3) is 81.0 Å². The largest absolute Gasteiger partial charge is 0.310 e. The Morgan fingerprint density at radius 1 is 0.414 bits per heavy atom. The Morgan fingerprint density at radius 2 is 0.983 bits per heavy atom. The molecule has 0 atom stereocenters. The summed E-state index contributed by atoms with van der Waals surface area (Å²) >= 11 is 1.88. The van der Waals surface area contributed by atoms with E-state index in [1.165, 1.54) is 80.9 Å². The molecule has 3 heteroatoms. The topological polar surface area (TPSA) is 8.17 Å². The molecule has 0 aliphatic rings. The van der Waals surface area contributed by atoms with Crippen LogP contribution in [0.3, 0.4) is 0 Å². The molecule has 2 heterocycles. The lowest BCUT2D eigenvalue weighted by molar-refractivity contribution is 1.18. The lowest BCUT2D eigenvalue weighted by atomic mass is 9.93. The molecule has 0 saturated heterocycles. The van der Waals surface area contributed by atoms with E-state index in [0.717, 1.165) is 22.7 Å². The highest BCUT2D eigenvalue weighted by Crippen LogP contribution is 2.49. The maximum Gasteiger partial charge on any atom is 0.0555 e. The van der Waals surface area contributed by atoms with Gasteiger partial charge in [0.25, 0.3) is 0 Å². The first-order valence-electron chi connectivity index (χ1n) is 19.8. The molecule has 0 spiro atoms. The molecule has 0 amide bonds. The molecule has 0 N–H and O–H groups in total. The van der Waals surface area contributed by atoms with Crippen molar-refractivity contribution in [2.75, 3.05) is 4.90 Å². The molecule has 274 valence electrons. The van der Waals surface area contributed by atoms with Crippen molar-refractivity contribution in [3.63, 3.8) is 0 Å². The number of aryl methyl sites for hydroxylation is 1. The summed E-state index contributed by atoms with van der Waals surface area (Å²) in [5, 5.41) is 5.06. The normalized spacial score (nSPS) is 11.5. The summed E-state index contributed by atoms with van der Waals surface area (Å²) in [6, 6.07) is 77.5. The summed E-state index contributed by atoms with van der Waals surface area (Å²) in [4.78, 5) is 2.46. The van der Waals surface area contributed by atoms with Crippen LogP contribution in [0.5, 0.6) is 0 Å². The molecule has 0 aliphatic heterocycles. The number of aromatic nitrogens is 1. The Hall–Kier alpha value is -7.20. The van der Waals surface area contributed by atoms with Gasteiger partial charge in [-0.1, -0.05) is 157 Å². The molecule has 0 saturated carbocycles. The van der Waals surface area contributed by atoms with Crippen LogP contribution < -0.4 is 4.90 Å². The summed E-state index contributed by atoms with van der Waals surface area (Å²) < 4.78 is 4.96. The molecule has 2 nitrogen and oxygen atoms in total. The maximum absolute atomic E-state index is 2.46.